The van der Waals surface area contributed by atoms with Crippen molar-refractivity contribution in [3.05, 3.63) is 23.3 Å². The third kappa shape index (κ3) is 5.83. The first kappa shape index (κ1) is 17.6. The monoisotopic (exact) mass is 305 g/mol. The fraction of sp³-hybridized carbons (Fsp3) is 0.600. The molecule has 6 heteroatoms. The molecule has 0 saturated carbocycles. The third-order valence-corrected chi connectivity index (χ3v) is 3.48. The van der Waals surface area contributed by atoms with Gasteiger partial charge in [0.2, 0.25) is 0 Å². The average Bonchev–Trinajstić information content (AvgIpc) is 2.39. The van der Waals surface area contributed by atoms with Crippen LogP contribution in [0.5, 0.6) is 11.5 Å². The standard InChI is InChI=1S/C15H22F3NO2/c1-4-11(7-15(16,17)18)8-19-9-12-6-13(20)14(21-3)5-10(12)2/h5-6,11,19-20H,4,7-9H2,1-3H3. The van der Waals surface area contributed by atoms with Gasteiger partial charge in [0.15, 0.2) is 11.5 Å². The molecule has 0 aliphatic carbocycles. The molecule has 0 bridgehead atoms. The van der Waals surface area contributed by atoms with E-state index in [2.05, 4.69) is 5.32 Å². The minimum Gasteiger partial charge on any atom is -0.504 e. The lowest BCUT2D eigenvalue weighted by molar-refractivity contribution is -0.144. The predicted octanol–water partition coefficient (Wildman–Crippen LogP) is 3.78. The number of phenolic OH excluding ortho intramolecular Hbond substituents is 1. The summed E-state index contributed by atoms with van der Waals surface area (Å²) in [6.07, 6.45) is -4.43. The van der Waals surface area contributed by atoms with Gasteiger partial charge in [-0.05, 0) is 42.6 Å². The number of methoxy groups -OCH3 is 1. The summed E-state index contributed by atoms with van der Waals surface area (Å²) in [5.41, 5.74) is 1.76. The number of ether oxygens (including phenoxy) is 1. The average molecular weight is 305 g/mol. The number of phenols is 1. The van der Waals surface area contributed by atoms with Crippen LogP contribution in [0, 0.1) is 12.8 Å². The molecule has 0 amide bonds. The normalized spacial score (nSPS) is 13.2. The van der Waals surface area contributed by atoms with Gasteiger partial charge in [-0.15, -0.1) is 0 Å². The Morgan fingerprint density at radius 3 is 2.52 bits per heavy atom. The summed E-state index contributed by atoms with van der Waals surface area (Å²) < 4.78 is 42.1. The summed E-state index contributed by atoms with van der Waals surface area (Å²) in [6, 6.07) is 3.28. The fourth-order valence-corrected chi connectivity index (χ4v) is 2.17. The summed E-state index contributed by atoms with van der Waals surface area (Å²) in [5, 5.41) is 12.8. The van der Waals surface area contributed by atoms with Gasteiger partial charge < -0.3 is 15.2 Å². The Bertz CT molecular complexity index is 461. The van der Waals surface area contributed by atoms with Crippen LogP contribution in [-0.4, -0.2) is 24.9 Å². The first-order valence-electron chi connectivity index (χ1n) is 6.90. The number of aromatic hydroxyl groups is 1. The number of hydrogen-bond donors (Lipinski definition) is 2. The topological polar surface area (TPSA) is 41.5 Å². The van der Waals surface area contributed by atoms with E-state index in [1.54, 1.807) is 19.1 Å². The van der Waals surface area contributed by atoms with Gasteiger partial charge in [-0.3, -0.25) is 0 Å². The molecule has 0 heterocycles. The van der Waals surface area contributed by atoms with Gasteiger partial charge >= 0.3 is 6.18 Å². The van der Waals surface area contributed by atoms with Gasteiger partial charge in [-0.25, -0.2) is 0 Å². The van der Waals surface area contributed by atoms with Gasteiger partial charge in [0.1, 0.15) is 0 Å². The van der Waals surface area contributed by atoms with Gasteiger partial charge in [0, 0.05) is 13.0 Å². The van der Waals surface area contributed by atoms with E-state index in [0.29, 0.717) is 25.3 Å². The van der Waals surface area contributed by atoms with E-state index in [0.717, 1.165) is 11.1 Å². The highest BCUT2D eigenvalue weighted by molar-refractivity contribution is 5.45. The van der Waals surface area contributed by atoms with Crippen molar-refractivity contribution >= 4 is 0 Å². The van der Waals surface area contributed by atoms with Crippen LogP contribution in [0.1, 0.15) is 30.9 Å². The maximum atomic E-state index is 12.4. The van der Waals surface area contributed by atoms with Crippen LogP contribution >= 0.6 is 0 Å². The highest BCUT2D eigenvalue weighted by Crippen LogP contribution is 2.29. The lowest BCUT2D eigenvalue weighted by Crippen LogP contribution is -2.26. The molecule has 1 aromatic rings. The molecule has 1 rings (SSSR count). The van der Waals surface area contributed by atoms with Crippen molar-refractivity contribution in [1.29, 1.82) is 0 Å². The number of aryl methyl sites for hydroxylation is 1. The second-order valence-corrected chi connectivity index (χ2v) is 5.18. The van der Waals surface area contributed by atoms with Crippen molar-refractivity contribution in [2.45, 2.75) is 39.4 Å². The Hall–Kier alpha value is -1.43. The molecular formula is C15H22F3NO2. The van der Waals surface area contributed by atoms with Gasteiger partial charge in [-0.1, -0.05) is 13.3 Å². The first-order chi connectivity index (χ1) is 9.76. The largest absolute Gasteiger partial charge is 0.504 e. The van der Waals surface area contributed by atoms with Crippen molar-refractivity contribution in [1.82, 2.24) is 5.32 Å². The van der Waals surface area contributed by atoms with Crippen LogP contribution in [0.4, 0.5) is 13.2 Å². The molecule has 3 nitrogen and oxygen atoms in total. The zero-order valence-electron chi connectivity index (χ0n) is 12.5. The Kier molecular flexibility index (Phi) is 6.33. The van der Waals surface area contributed by atoms with E-state index in [1.165, 1.54) is 7.11 Å². The number of halogens is 3. The highest BCUT2D eigenvalue weighted by atomic mass is 19.4. The second-order valence-electron chi connectivity index (χ2n) is 5.18. The summed E-state index contributed by atoms with van der Waals surface area (Å²) in [4.78, 5) is 0. The van der Waals surface area contributed by atoms with Crippen molar-refractivity contribution in [2.24, 2.45) is 5.92 Å². The zero-order chi connectivity index (χ0) is 16.0. The molecule has 0 fully saturated rings. The minimum atomic E-state index is -4.13. The highest BCUT2D eigenvalue weighted by Gasteiger charge is 2.30. The summed E-state index contributed by atoms with van der Waals surface area (Å²) in [5.74, 6) is -0.0147. The predicted molar refractivity (Wildman–Crippen MR) is 75.6 cm³/mol. The third-order valence-electron chi connectivity index (χ3n) is 3.48. The molecule has 2 N–H and O–H groups in total. The number of alkyl halides is 3. The SMILES string of the molecule is CCC(CNCc1cc(O)c(OC)cc1C)CC(F)(F)F. The summed E-state index contributed by atoms with van der Waals surface area (Å²) in [7, 11) is 1.47. The lowest BCUT2D eigenvalue weighted by atomic mass is 10.0. The van der Waals surface area contributed by atoms with Crippen LogP contribution in [0.3, 0.4) is 0 Å². The smallest absolute Gasteiger partial charge is 0.389 e. The second kappa shape index (κ2) is 7.54. The number of rotatable bonds is 7. The number of benzene rings is 1. The van der Waals surface area contributed by atoms with Crippen LogP contribution in [0.15, 0.2) is 12.1 Å². The molecule has 0 radical (unpaired) electrons. The van der Waals surface area contributed by atoms with E-state index < -0.39 is 18.5 Å². The molecule has 0 saturated heterocycles. The Labute approximate surface area is 123 Å². The minimum absolute atomic E-state index is 0.0298. The van der Waals surface area contributed by atoms with Crippen LogP contribution in [0.25, 0.3) is 0 Å². The maximum Gasteiger partial charge on any atom is 0.389 e. The van der Waals surface area contributed by atoms with Crippen molar-refractivity contribution < 1.29 is 23.0 Å². The maximum absolute atomic E-state index is 12.4. The first-order valence-corrected chi connectivity index (χ1v) is 6.90. The Morgan fingerprint density at radius 1 is 1.33 bits per heavy atom. The van der Waals surface area contributed by atoms with E-state index >= 15 is 0 Å². The van der Waals surface area contributed by atoms with Crippen molar-refractivity contribution in [2.75, 3.05) is 13.7 Å². The van der Waals surface area contributed by atoms with Crippen molar-refractivity contribution in [3.63, 3.8) is 0 Å². The Balaban J connectivity index is 2.57. The Morgan fingerprint density at radius 2 is 2.00 bits per heavy atom. The van der Waals surface area contributed by atoms with Crippen LogP contribution < -0.4 is 10.1 Å². The summed E-state index contributed by atoms with van der Waals surface area (Å²) in [6.45, 7) is 4.33. The van der Waals surface area contributed by atoms with E-state index in [4.69, 9.17) is 4.74 Å². The number of nitrogens with one attached hydrogen (secondary N) is 1. The molecule has 0 aliphatic heterocycles. The molecule has 1 aromatic carbocycles. The quantitative estimate of drug-likeness (QED) is 0.805. The van der Waals surface area contributed by atoms with Crippen molar-refractivity contribution in [3.8, 4) is 11.5 Å². The number of hydrogen-bond acceptors (Lipinski definition) is 3. The van der Waals surface area contributed by atoms with E-state index in [-0.39, 0.29) is 5.75 Å². The van der Waals surface area contributed by atoms with E-state index in [1.807, 2.05) is 6.92 Å². The molecular weight excluding hydrogens is 283 g/mol. The molecule has 21 heavy (non-hydrogen) atoms. The van der Waals surface area contributed by atoms with E-state index in [9.17, 15) is 18.3 Å². The molecule has 0 aliphatic rings. The molecule has 0 aromatic heterocycles. The molecule has 0 spiro atoms. The van der Waals surface area contributed by atoms with Crippen LogP contribution in [0.2, 0.25) is 0 Å². The summed E-state index contributed by atoms with van der Waals surface area (Å²) >= 11 is 0. The fourth-order valence-electron chi connectivity index (χ4n) is 2.17. The van der Waals surface area contributed by atoms with Gasteiger partial charge in [0.05, 0.1) is 7.11 Å². The van der Waals surface area contributed by atoms with Gasteiger partial charge in [0.25, 0.3) is 0 Å². The molecule has 120 valence electrons. The molecule has 1 unspecified atom stereocenters. The molecule has 1 atom stereocenters. The van der Waals surface area contributed by atoms with Crippen LogP contribution in [-0.2, 0) is 6.54 Å². The zero-order valence-corrected chi connectivity index (χ0v) is 12.5. The van der Waals surface area contributed by atoms with Gasteiger partial charge in [-0.2, -0.15) is 13.2 Å². The lowest BCUT2D eigenvalue weighted by Gasteiger charge is -2.18.